The van der Waals surface area contributed by atoms with Crippen molar-refractivity contribution >= 4 is 28.3 Å². The average molecular weight is 361 g/mol. The molecule has 0 spiro atoms. The molecule has 0 bridgehead atoms. The van der Waals surface area contributed by atoms with Gasteiger partial charge < -0.3 is 4.90 Å². The van der Waals surface area contributed by atoms with Crippen LogP contribution in [0.25, 0.3) is 0 Å². The maximum atomic E-state index is 13.2. The molecule has 132 valence electrons. The number of hydrogen-bond donors (Lipinski definition) is 1. The van der Waals surface area contributed by atoms with Gasteiger partial charge in [0.2, 0.25) is 0 Å². The van der Waals surface area contributed by atoms with Gasteiger partial charge in [-0.25, -0.2) is 9.37 Å². The van der Waals surface area contributed by atoms with Crippen LogP contribution in [0, 0.1) is 11.7 Å². The van der Waals surface area contributed by atoms with E-state index in [0.29, 0.717) is 23.3 Å². The zero-order valence-electron chi connectivity index (χ0n) is 14.0. The third-order valence-electron chi connectivity index (χ3n) is 3.99. The normalized spacial score (nSPS) is 13.5. The number of hydrogen-bond acceptors (Lipinski definition) is 4. The van der Waals surface area contributed by atoms with E-state index >= 15 is 0 Å². The summed E-state index contributed by atoms with van der Waals surface area (Å²) in [6, 6.07) is 5.44. The SMILES string of the molecule is CCCN(CC1CC1)C(=O)c1csc(NC(=O)c2cccc(F)c2)n1. The quantitative estimate of drug-likeness (QED) is 0.816. The van der Waals surface area contributed by atoms with Gasteiger partial charge in [-0.1, -0.05) is 13.0 Å². The van der Waals surface area contributed by atoms with E-state index in [-0.39, 0.29) is 11.5 Å². The minimum absolute atomic E-state index is 0.101. The molecule has 1 N–H and O–H groups in total. The van der Waals surface area contributed by atoms with Crippen molar-refractivity contribution < 1.29 is 14.0 Å². The summed E-state index contributed by atoms with van der Waals surface area (Å²) in [6.07, 6.45) is 3.25. The molecule has 0 atom stereocenters. The standard InChI is InChI=1S/C18H20FN3O2S/c1-2-8-22(10-12-6-7-12)17(24)15-11-25-18(20-15)21-16(23)13-4-3-5-14(19)9-13/h3-5,9,11-12H,2,6-8,10H2,1H3,(H,20,21,23). The first kappa shape index (κ1) is 17.5. The molecule has 25 heavy (non-hydrogen) atoms. The molecule has 7 heteroatoms. The monoisotopic (exact) mass is 361 g/mol. The van der Waals surface area contributed by atoms with Crippen molar-refractivity contribution in [2.45, 2.75) is 26.2 Å². The van der Waals surface area contributed by atoms with Gasteiger partial charge in [-0.05, 0) is 43.4 Å². The van der Waals surface area contributed by atoms with Gasteiger partial charge in [0, 0.05) is 24.0 Å². The van der Waals surface area contributed by atoms with E-state index in [1.165, 1.54) is 42.4 Å². The minimum Gasteiger partial charge on any atom is -0.337 e. The summed E-state index contributed by atoms with van der Waals surface area (Å²) in [5.41, 5.74) is 0.554. The Balaban J connectivity index is 1.66. The van der Waals surface area contributed by atoms with Crippen molar-refractivity contribution in [2.75, 3.05) is 18.4 Å². The van der Waals surface area contributed by atoms with Crippen molar-refractivity contribution in [2.24, 2.45) is 5.92 Å². The molecule has 1 heterocycles. The molecule has 2 amide bonds. The molecule has 1 aromatic carbocycles. The van der Waals surface area contributed by atoms with Crippen LogP contribution in [0.1, 0.15) is 47.0 Å². The summed E-state index contributed by atoms with van der Waals surface area (Å²) in [5, 5.41) is 4.60. The van der Waals surface area contributed by atoms with Gasteiger partial charge >= 0.3 is 0 Å². The molecular weight excluding hydrogens is 341 g/mol. The average Bonchev–Trinajstić information content (AvgIpc) is 3.30. The van der Waals surface area contributed by atoms with E-state index in [0.717, 1.165) is 19.0 Å². The Morgan fingerprint density at radius 1 is 1.40 bits per heavy atom. The largest absolute Gasteiger partial charge is 0.337 e. The number of nitrogens with one attached hydrogen (secondary N) is 1. The highest BCUT2D eigenvalue weighted by molar-refractivity contribution is 7.14. The Kier molecular flexibility index (Phi) is 5.43. The van der Waals surface area contributed by atoms with Crippen molar-refractivity contribution in [3.8, 4) is 0 Å². The van der Waals surface area contributed by atoms with Crippen LogP contribution in [0.4, 0.5) is 9.52 Å². The molecule has 1 aromatic heterocycles. The summed E-state index contributed by atoms with van der Waals surface area (Å²) in [6.45, 7) is 3.52. The smallest absolute Gasteiger partial charge is 0.273 e. The molecule has 3 rings (SSSR count). The molecule has 1 fully saturated rings. The van der Waals surface area contributed by atoms with E-state index in [9.17, 15) is 14.0 Å². The number of aromatic nitrogens is 1. The van der Waals surface area contributed by atoms with E-state index in [1.54, 1.807) is 5.38 Å². The molecule has 0 aliphatic heterocycles. The number of anilines is 1. The van der Waals surface area contributed by atoms with Crippen LogP contribution in [-0.2, 0) is 0 Å². The molecule has 0 radical (unpaired) electrons. The summed E-state index contributed by atoms with van der Waals surface area (Å²) in [5.74, 6) is -0.410. The fraction of sp³-hybridized carbons (Fsp3) is 0.389. The van der Waals surface area contributed by atoms with E-state index in [2.05, 4.69) is 10.3 Å². The lowest BCUT2D eigenvalue weighted by Gasteiger charge is -2.20. The van der Waals surface area contributed by atoms with E-state index in [4.69, 9.17) is 0 Å². The van der Waals surface area contributed by atoms with Crippen LogP contribution >= 0.6 is 11.3 Å². The van der Waals surface area contributed by atoms with Crippen LogP contribution in [0.3, 0.4) is 0 Å². The first-order valence-corrected chi connectivity index (χ1v) is 9.26. The number of benzene rings is 1. The highest BCUT2D eigenvalue weighted by atomic mass is 32.1. The van der Waals surface area contributed by atoms with Gasteiger partial charge in [-0.15, -0.1) is 11.3 Å². The van der Waals surface area contributed by atoms with Gasteiger partial charge in [-0.3, -0.25) is 14.9 Å². The maximum absolute atomic E-state index is 13.2. The van der Waals surface area contributed by atoms with Gasteiger partial charge in [0.25, 0.3) is 11.8 Å². The second kappa shape index (κ2) is 7.74. The number of thiazole rings is 1. The molecule has 5 nitrogen and oxygen atoms in total. The maximum Gasteiger partial charge on any atom is 0.273 e. The van der Waals surface area contributed by atoms with Crippen LogP contribution in [0.5, 0.6) is 0 Å². The zero-order valence-corrected chi connectivity index (χ0v) is 14.8. The van der Waals surface area contributed by atoms with Gasteiger partial charge in [-0.2, -0.15) is 0 Å². The van der Waals surface area contributed by atoms with Crippen LogP contribution in [0.15, 0.2) is 29.6 Å². The Hall–Kier alpha value is -2.28. The Bertz CT molecular complexity index is 773. The number of rotatable bonds is 7. The van der Waals surface area contributed by atoms with Crippen molar-refractivity contribution in [1.29, 1.82) is 0 Å². The topological polar surface area (TPSA) is 62.3 Å². The Labute approximate surface area is 149 Å². The highest BCUT2D eigenvalue weighted by Crippen LogP contribution is 2.30. The molecular formula is C18H20FN3O2S. The summed E-state index contributed by atoms with van der Waals surface area (Å²) >= 11 is 1.19. The third-order valence-corrected chi connectivity index (χ3v) is 4.74. The first-order chi connectivity index (χ1) is 12.1. The summed E-state index contributed by atoms with van der Waals surface area (Å²) < 4.78 is 13.2. The lowest BCUT2D eigenvalue weighted by atomic mass is 10.2. The Morgan fingerprint density at radius 2 is 2.20 bits per heavy atom. The Morgan fingerprint density at radius 3 is 2.88 bits per heavy atom. The van der Waals surface area contributed by atoms with Crippen molar-refractivity contribution in [3.05, 3.63) is 46.7 Å². The van der Waals surface area contributed by atoms with Gasteiger partial charge in [0.1, 0.15) is 11.5 Å². The van der Waals surface area contributed by atoms with Gasteiger partial charge in [0.05, 0.1) is 0 Å². The number of nitrogens with zero attached hydrogens (tertiary/aromatic N) is 2. The molecule has 2 aromatic rings. The molecule has 0 unspecified atom stereocenters. The third kappa shape index (κ3) is 4.63. The summed E-state index contributed by atoms with van der Waals surface area (Å²) in [7, 11) is 0. The minimum atomic E-state index is -0.474. The molecule has 1 saturated carbocycles. The fourth-order valence-electron chi connectivity index (χ4n) is 2.55. The second-order valence-electron chi connectivity index (χ2n) is 6.20. The molecule has 1 aliphatic carbocycles. The lowest BCUT2D eigenvalue weighted by Crippen LogP contribution is -2.33. The first-order valence-electron chi connectivity index (χ1n) is 8.38. The molecule has 1 aliphatic rings. The van der Waals surface area contributed by atoms with E-state index in [1.807, 2.05) is 11.8 Å². The fourth-order valence-corrected chi connectivity index (χ4v) is 3.23. The zero-order chi connectivity index (χ0) is 17.8. The number of carbonyl (C=O) groups excluding carboxylic acids is 2. The van der Waals surface area contributed by atoms with Crippen molar-refractivity contribution in [1.82, 2.24) is 9.88 Å². The number of amides is 2. The predicted molar refractivity (Wildman–Crippen MR) is 95.4 cm³/mol. The second-order valence-corrected chi connectivity index (χ2v) is 7.06. The van der Waals surface area contributed by atoms with Crippen LogP contribution in [0.2, 0.25) is 0 Å². The molecule has 0 saturated heterocycles. The van der Waals surface area contributed by atoms with Gasteiger partial charge in [0.15, 0.2) is 5.13 Å². The van der Waals surface area contributed by atoms with E-state index < -0.39 is 11.7 Å². The number of halogens is 1. The number of carbonyl (C=O) groups is 2. The van der Waals surface area contributed by atoms with Crippen LogP contribution in [-0.4, -0.2) is 34.8 Å². The summed E-state index contributed by atoms with van der Waals surface area (Å²) in [4.78, 5) is 30.8. The predicted octanol–water partition coefficient (Wildman–Crippen LogP) is 3.80. The highest BCUT2D eigenvalue weighted by Gasteiger charge is 2.27. The lowest BCUT2D eigenvalue weighted by molar-refractivity contribution is 0.0742. The van der Waals surface area contributed by atoms with Crippen LogP contribution < -0.4 is 5.32 Å². The van der Waals surface area contributed by atoms with Crippen molar-refractivity contribution in [3.63, 3.8) is 0 Å².